The van der Waals surface area contributed by atoms with Gasteiger partial charge in [0.15, 0.2) is 0 Å². The summed E-state index contributed by atoms with van der Waals surface area (Å²) in [6.07, 6.45) is 3.07. The molecule has 0 aromatic carbocycles. The van der Waals surface area contributed by atoms with Crippen LogP contribution in [0.5, 0.6) is 0 Å². The normalized spacial score (nSPS) is 17.6. The molecule has 1 saturated heterocycles. The summed E-state index contributed by atoms with van der Waals surface area (Å²) < 4.78 is 10.8. The summed E-state index contributed by atoms with van der Waals surface area (Å²) in [5.74, 6) is -1.47. The zero-order chi connectivity index (χ0) is 15.1. The minimum absolute atomic E-state index is 0.0414. The van der Waals surface area contributed by atoms with Crippen molar-refractivity contribution in [1.29, 1.82) is 0 Å². The Balaban J connectivity index is 1.69. The monoisotopic (exact) mass is 294 g/mol. The Morgan fingerprint density at radius 2 is 2.38 bits per heavy atom. The van der Waals surface area contributed by atoms with Crippen LogP contribution in [-0.4, -0.2) is 54.4 Å². The number of carbonyl (C=O) groups excluding carboxylic acids is 1. The molecule has 114 valence electrons. The van der Waals surface area contributed by atoms with E-state index in [2.05, 4.69) is 10.3 Å². The molecule has 0 radical (unpaired) electrons. The lowest BCUT2D eigenvalue weighted by atomic mass is 10.2. The first-order chi connectivity index (χ1) is 10.2. The van der Waals surface area contributed by atoms with Gasteiger partial charge < -0.3 is 19.9 Å². The van der Waals surface area contributed by atoms with Gasteiger partial charge in [0.05, 0.1) is 18.3 Å². The average molecular weight is 294 g/mol. The molecule has 1 aromatic rings. The minimum atomic E-state index is -1.08. The molecule has 2 rings (SSSR count). The van der Waals surface area contributed by atoms with Gasteiger partial charge in [-0.1, -0.05) is 0 Å². The number of carboxylic acids is 1. The van der Waals surface area contributed by atoms with E-state index in [1.165, 1.54) is 18.3 Å². The molecule has 1 fully saturated rings. The molecule has 21 heavy (non-hydrogen) atoms. The third-order valence-corrected chi connectivity index (χ3v) is 3.09. The van der Waals surface area contributed by atoms with Gasteiger partial charge in [-0.05, 0) is 25.0 Å². The highest BCUT2D eigenvalue weighted by Gasteiger charge is 2.15. The molecule has 2 heterocycles. The number of rotatable bonds is 7. The highest BCUT2D eigenvalue weighted by atomic mass is 16.5. The van der Waals surface area contributed by atoms with Crippen LogP contribution in [0.25, 0.3) is 0 Å². The van der Waals surface area contributed by atoms with E-state index in [4.69, 9.17) is 14.6 Å². The Hall–Kier alpha value is -1.99. The summed E-state index contributed by atoms with van der Waals surface area (Å²) in [7, 11) is 0. The van der Waals surface area contributed by atoms with Crippen molar-refractivity contribution < 1.29 is 24.2 Å². The van der Waals surface area contributed by atoms with Gasteiger partial charge in [-0.3, -0.25) is 9.78 Å². The van der Waals surface area contributed by atoms with Crippen molar-refractivity contribution in [3.8, 4) is 0 Å². The Kier molecular flexibility index (Phi) is 5.65. The van der Waals surface area contributed by atoms with Crippen LogP contribution in [0.4, 0.5) is 0 Å². The van der Waals surface area contributed by atoms with Crippen molar-refractivity contribution in [3.05, 3.63) is 29.6 Å². The number of hydrogen-bond donors (Lipinski definition) is 2. The standard InChI is InChI=1S/C14H18N2O5/c17-13(12-8-10(14(18)19)2-5-15-12)16-4-1-6-21-11-3-7-20-9-11/h2,5,8,11H,1,3-4,6-7,9H2,(H,16,17)(H,18,19). The van der Waals surface area contributed by atoms with Crippen LogP contribution < -0.4 is 5.32 Å². The van der Waals surface area contributed by atoms with Crippen LogP contribution >= 0.6 is 0 Å². The maximum Gasteiger partial charge on any atom is 0.335 e. The zero-order valence-corrected chi connectivity index (χ0v) is 11.6. The quantitative estimate of drug-likeness (QED) is 0.719. The second-order valence-corrected chi connectivity index (χ2v) is 4.70. The van der Waals surface area contributed by atoms with E-state index in [9.17, 15) is 9.59 Å². The number of amides is 1. The smallest absolute Gasteiger partial charge is 0.335 e. The molecule has 7 heteroatoms. The van der Waals surface area contributed by atoms with Gasteiger partial charge in [0, 0.05) is 26.0 Å². The predicted molar refractivity (Wildman–Crippen MR) is 73.3 cm³/mol. The van der Waals surface area contributed by atoms with E-state index in [1.54, 1.807) is 0 Å². The fourth-order valence-corrected chi connectivity index (χ4v) is 1.95. The Morgan fingerprint density at radius 3 is 3.10 bits per heavy atom. The molecule has 0 aliphatic carbocycles. The van der Waals surface area contributed by atoms with E-state index in [0.717, 1.165) is 13.0 Å². The summed E-state index contributed by atoms with van der Waals surface area (Å²) in [6.45, 7) is 2.38. The molecule has 7 nitrogen and oxygen atoms in total. The number of ether oxygens (including phenoxy) is 2. The van der Waals surface area contributed by atoms with Crippen molar-refractivity contribution in [2.24, 2.45) is 0 Å². The largest absolute Gasteiger partial charge is 0.478 e. The van der Waals surface area contributed by atoms with Crippen molar-refractivity contribution in [2.75, 3.05) is 26.4 Å². The number of pyridine rings is 1. The van der Waals surface area contributed by atoms with E-state index in [0.29, 0.717) is 26.2 Å². The molecule has 0 saturated carbocycles. The molecular weight excluding hydrogens is 276 g/mol. The first-order valence-electron chi connectivity index (χ1n) is 6.83. The number of nitrogens with zero attached hydrogens (tertiary/aromatic N) is 1. The number of aromatic nitrogens is 1. The summed E-state index contributed by atoms with van der Waals surface area (Å²) in [6, 6.07) is 2.60. The average Bonchev–Trinajstić information content (AvgIpc) is 3.00. The molecule has 0 bridgehead atoms. The van der Waals surface area contributed by atoms with Gasteiger partial charge in [-0.25, -0.2) is 4.79 Å². The summed E-state index contributed by atoms with van der Waals surface area (Å²) in [5.41, 5.74) is 0.139. The molecule has 1 aliphatic heterocycles. The highest BCUT2D eigenvalue weighted by Crippen LogP contribution is 2.08. The zero-order valence-electron chi connectivity index (χ0n) is 11.6. The maximum absolute atomic E-state index is 11.8. The number of aromatic carboxylic acids is 1. The van der Waals surface area contributed by atoms with Crippen LogP contribution in [0.1, 0.15) is 33.7 Å². The second kappa shape index (κ2) is 7.70. The number of hydrogen-bond acceptors (Lipinski definition) is 5. The fourth-order valence-electron chi connectivity index (χ4n) is 1.95. The Bertz CT molecular complexity index is 500. The van der Waals surface area contributed by atoms with Gasteiger partial charge in [0.25, 0.3) is 5.91 Å². The molecule has 1 aromatic heterocycles. The van der Waals surface area contributed by atoms with Crippen LogP contribution in [0.15, 0.2) is 18.3 Å². The van der Waals surface area contributed by atoms with Crippen LogP contribution in [-0.2, 0) is 9.47 Å². The van der Waals surface area contributed by atoms with Crippen molar-refractivity contribution in [2.45, 2.75) is 18.9 Å². The topological polar surface area (TPSA) is 97.8 Å². The molecule has 0 spiro atoms. The molecule has 2 N–H and O–H groups in total. The van der Waals surface area contributed by atoms with Crippen molar-refractivity contribution >= 4 is 11.9 Å². The molecule has 1 unspecified atom stereocenters. The number of carboxylic acid groups (broad SMARTS) is 1. The summed E-state index contributed by atoms with van der Waals surface area (Å²) in [4.78, 5) is 26.5. The lowest BCUT2D eigenvalue weighted by Crippen LogP contribution is -2.27. The molecule has 1 amide bonds. The van der Waals surface area contributed by atoms with Crippen LogP contribution in [0.3, 0.4) is 0 Å². The Morgan fingerprint density at radius 1 is 1.52 bits per heavy atom. The van der Waals surface area contributed by atoms with Crippen LogP contribution in [0.2, 0.25) is 0 Å². The Labute approximate surface area is 122 Å². The third-order valence-electron chi connectivity index (χ3n) is 3.09. The second-order valence-electron chi connectivity index (χ2n) is 4.70. The first-order valence-corrected chi connectivity index (χ1v) is 6.83. The third kappa shape index (κ3) is 4.80. The lowest BCUT2D eigenvalue weighted by molar-refractivity contribution is 0.0415. The number of carbonyl (C=O) groups is 2. The molecule has 1 aliphatic rings. The van der Waals surface area contributed by atoms with E-state index in [-0.39, 0.29) is 23.3 Å². The number of nitrogens with one attached hydrogen (secondary N) is 1. The molecule has 1 atom stereocenters. The highest BCUT2D eigenvalue weighted by molar-refractivity contribution is 5.95. The van der Waals surface area contributed by atoms with E-state index in [1.807, 2.05) is 0 Å². The predicted octanol–water partition coefficient (Wildman–Crippen LogP) is 0.705. The summed E-state index contributed by atoms with van der Waals surface area (Å²) in [5, 5.41) is 11.5. The van der Waals surface area contributed by atoms with Crippen LogP contribution in [0, 0.1) is 0 Å². The minimum Gasteiger partial charge on any atom is -0.478 e. The first kappa shape index (κ1) is 15.4. The van der Waals surface area contributed by atoms with E-state index >= 15 is 0 Å². The van der Waals surface area contributed by atoms with Gasteiger partial charge in [0.2, 0.25) is 0 Å². The van der Waals surface area contributed by atoms with E-state index < -0.39 is 5.97 Å². The van der Waals surface area contributed by atoms with Crippen molar-refractivity contribution in [3.63, 3.8) is 0 Å². The van der Waals surface area contributed by atoms with Gasteiger partial charge >= 0.3 is 5.97 Å². The summed E-state index contributed by atoms with van der Waals surface area (Å²) >= 11 is 0. The van der Waals surface area contributed by atoms with Crippen molar-refractivity contribution in [1.82, 2.24) is 10.3 Å². The fraction of sp³-hybridized carbons (Fsp3) is 0.500. The lowest BCUT2D eigenvalue weighted by Gasteiger charge is -2.10. The molecular formula is C14H18N2O5. The SMILES string of the molecule is O=C(O)c1ccnc(C(=O)NCCCOC2CCOC2)c1. The van der Waals surface area contributed by atoms with Gasteiger partial charge in [-0.15, -0.1) is 0 Å². The van der Waals surface area contributed by atoms with Gasteiger partial charge in [0.1, 0.15) is 5.69 Å². The van der Waals surface area contributed by atoms with Gasteiger partial charge in [-0.2, -0.15) is 0 Å². The maximum atomic E-state index is 11.8.